The number of hydrogen-bond donors (Lipinski definition) is 1. The maximum atomic E-state index is 12.8. The molecule has 0 radical (unpaired) electrons. The Morgan fingerprint density at radius 1 is 1.38 bits per heavy atom. The molecule has 5 nitrogen and oxygen atoms in total. The van der Waals surface area contributed by atoms with Crippen molar-refractivity contribution in [3.05, 3.63) is 23.7 Å². The molecule has 1 aliphatic carbocycles. The van der Waals surface area contributed by atoms with E-state index in [1.165, 1.54) is 0 Å². The van der Waals surface area contributed by atoms with Crippen molar-refractivity contribution in [2.24, 2.45) is 11.7 Å². The molecule has 1 aliphatic rings. The van der Waals surface area contributed by atoms with Gasteiger partial charge in [0.1, 0.15) is 11.5 Å². The minimum atomic E-state index is -0.756. The second-order valence-corrected chi connectivity index (χ2v) is 6.60. The molecule has 1 atom stereocenters. The van der Waals surface area contributed by atoms with Gasteiger partial charge < -0.3 is 20.0 Å². The van der Waals surface area contributed by atoms with E-state index in [0.717, 1.165) is 30.9 Å². The van der Waals surface area contributed by atoms with Gasteiger partial charge in [-0.2, -0.15) is 0 Å². The number of hydrogen-bond acceptors (Lipinski definition) is 4. The molecule has 0 aliphatic heterocycles. The van der Waals surface area contributed by atoms with Crippen molar-refractivity contribution in [2.75, 3.05) is 27.2 Å². The molecule has 1 aromatic heterocycles. The third kappa shape index (κ3) is 4.08. The highest BCUT2D eigenvalue weighted by Crippen LogP contribution is 2.39. The van der Waals surface area contributed by atoms with Gasteiger partial charge in [0, 0.05) is 13.1 Å². The van der Waals surface area contributed by atoms with E-state index < -0.39 is 5.54 Å². The molecular weight excluding hydrogens is 266 g/mol. The first kappa shape index (κ1) is 16.0. The number of rotatable bonds is 7. The molecule has 0 aromatic carbocycles. The first-order valence-electron chi connectivity index (χ1n) is 7.59. The Balaban J connectivity index is 2.08. The van der Waals surface area contributed by atoms with Gasteiger partial charge in [0.2, 0.25) is 5.91 Å². The Morgan fingerprint density at radius 3 is 2.52 bits per heavy atom. The molecule has 0 bridgehead atoms. The zero-order valence-corrected chi connectivity index (χ0v) is 13.6. The Labute approximate surface area is 127 Å². The quantitative estimate of drug-likeness (QED) is 0.829. The Morgan fingerprint density at radius 2 is 2.05 bits per heavy atom. The number of likely N-dealkylation sites (N-methyl/N-ethyl adjacent to an activating group) is 1. The summed E-state index contributed by atoms with van der Waals surface area (Å²) in [6.45, 7) is 5.73. The van der Waals surface area contributed by atoms with Crippen molar-refractivity contribution in [3.63, 3.8) is 0 Å². The maximum absolute atomic E-state index is 12.8. The first-order valence-corrected chi connectivity index (χ1v) is 7.59. The summed E-state index contributed by atoms with van der Waals surface area (Å²) in [6, 6.07) is 3.85. The molecule has 1 unspecified atom stereocenters. The van der Waals surface area contributed by atoms with E-state index >= 15 is 0 Å². The zero-order valence-electron chi connectivity index (χ0n) is 13.6. The summed E-state index contributed by atoms with van der Waals surface area (Å²) in [4.78, 5) is 16.7. The van der Waals surface area contributed by atoms with Gasteiger partial charge in [-0.1, -0.05) is 0 Å². The van der Waals surface area contributed by atoms with Crippen LogP contribution in [0.4, 0.5) is 0 Å². The lowest BCUT2D eigenvalue weighted by Gasteiger charge is -2.32. The molecule has 0 spiro atoms. The lowest BCUT2D eigenvalue weighted by Crippen LogP contribution is -2.55. The lowest BCUT2D eigenvalue weighted by atomic mass is 9.95. The summed E-state index contributed by atoms with van der Waals surface area (Å²) in [6.07, 6.45) is 2.11. The number of carbonyl (C=O) groups excluding carboxylic acids is 1. The number of aryl methyl sites for hydroxylation is 1. The molecule has 1 heterocycles. The molecule has 0 saturated heterocycles. The van der Waals surface area contributed by atoms with Gasteiger partial charge in [0.25, 0.3) is 0 Å². The Hall–Kier alpha value is -1.33. The molecule has 1 amide bonds. The van der Waals surface area contributed by atoms with E-state index in [4.69, 9.17) is 10.2 Å². The van der Waals surface area contributed by atoms with Crippen LogP contribution in [0.5, 0.6) is 0 Å². The molecule has 2 N–H and O–H groups in total. The number of furan rings is 1. The summed E-state index contributed by atoms with van der Waals surface area (Å²) in [5.74, 6) is 2.03. The minimum Gasteiger partial charge on any atom is -0.464 e. The van der Waals surface area contributed by atoms with E-state index in [1.807, 2.05) is 45.0 Å². The minimum absolute atomic E-state index is 0.0286. The smallest absolute Gasteiger partial charge is 0.243 e. The molecule has 118 valence electrons. The van der Waals surface area contributed by atoms with Crippen molar-refractivity contribution < 1.29 is 9.21 Å². The SMILES string of the molecule is Cc1ccc(CN(CCN(C)C)C(=O)C(C)(N)C2CC2)o1. The third-order valence-corrected chi connectivity index (χ3v) is 4.13. The lowest BCUT2D eigenvalue weighted by molar-refractivity contribution is -0.138. The van der Waals surface area contributed by atoms with Crippen LogP contribution in [0.15, 0.2) is 16.5 Å². The summed E-state index contributed by atoms with van der Waals surface area (Å²) in [7, 11) is 4.00. The van der Waals surface area contributed by atoms with Crippen molar-refractivity contribution in [3.8, 4) is 0 Å². The van der Waals surface area contributed by atoms with Crippen LogP contribution in [-0.4, -0.2) is 48.4 Å². The monoisotopic (exact) mass is 293 g/mol. The molecule has 5 heteroatoms. The Kier molecular flexibility index (Phi) is 4.74. The van der Waals surface area contributed by atoms with E-state index in [-0.39, 0.29) is 5.91 Å². The van der Waals surface area contributed by atoms with Gasteiger partial charge in [-0.3, -0.25) is 4.79 Å². The second-order valence-electron chi connectivity index (χ2n) is 6.60. The highest BCUT2D eigenvalue weighted by Gasteiger charge is 2.45. The summed E-state index contributed by atoms with van der Waals surface area (Å²) >= 11 is 0. The topological polar surface area (TPSA) is 62.7 Å². The van der Waals surface area contributed by atoms with Gasteiger partial charge in [0.15, 0.2) is 0 Å². The first-order chi connectivity index (χ1) is 9.80. The number of nitrogens with two attached hydrogens (primary N) is 1. The van der Waals surface area contributed by atoms with Gasteiger partial charge in [-0.25, -0.2) is 0 Å². The predicted molar refractivity (Wildman–Crippen MR) is 82.7 cm³/mol. The highest BCUT2D eigenvalue weighted by molar-refractivity contribution is 5.86. The van der Waals surface area contributed by atoms with E-state index in [2.05, 4.69) is 4.90 Å². The predicted octanol–water partition coefficient (Wildman–Crippen LogP) is 1.61. The van der Waals surface area contributed by atoms with Gasteiger partial charge in [0.05, 0.1) is 12.1 Å². The Bertz CT molecular complexity index is 489. The average Bonchev–Trinajstić information content (AvgIpc) is 3.18. The van der Waals surface area contributed by atoms with Crippen molar-refractivity contribution in [1.29, 1.82) is 0 Å². The summed E-state index contributed by atoms with van der Waals surface area (Å²) < 4.78 is 5.61. The van der Waals surface area contributed by atoms with E-state index in [9.17, 15) is 4.79 Å². The third-order valence-electron chi connectivity index (χ3n) is 4.13. The molecule has 2 rings (SSSR count). The molecule has 1 fully saturated rings. The van der Waals surface area contributed by atoms with Gasteiger partial charge >= 0.3 is 0 Å². The van der Waals surface area contributed by atoms with Crippen LogP contribution in [0.2, 0.25) is 0 Å². The van der Waals surface area contributed by atoms with Crippen LogP contribution >= 0.6 is 0 Å². The summed E-state index contributed by atoms with van der Waals surface area (Å²) in [5, 5.41) is 0. The fraction of sp³-hybridized carbons (Fsp3) is 0.688. The average molecular weight is 293 g/mol. The fourth-order valence-electron chi connectivity index (χ4n) is 2.53. The van der Waals surface area contributed by atoms with Crippen LogP contribution < -0.4 is 5.73 Å². The van der Waals surface area contributed by atoms with Crippen molar-refractivity contribution in [2.45, 2.75) is 38.8 Å². The van der Waals surface area contributed by atoms with Crippen molar-refractivity contribution >= 4 is 5.91 Å². The van der Waals surface area contributed by atoms with Gasteiger partial charge in [-0.05, 0) is 58.8 Å². The standard InChI is InChI=1S/C16H27N3O2/c1-12-5-8-14(21-12)11-19(10-9-18(3)4)15(20)16(2,17)13-6-7-13/h5,8,13H,6-7,9-11,17H2,1-4H3. The molecule has 21 heavy (non-hydrogen) atoms. The van der Waals surface area contributed by atoms with Crippen LogP contribution in [0, 0.1) is 12.8 Å². The fourth-order valence-corrected chi connectivity index (χ4v) is 2.53. The highest BCUT2D eigenvalue weighted by atomic mass is 16.3. The van der Waals surface area contributed by atoms with Crippen molar-refractivity contribution in [1.82, 2.24) is 9.80 Å². The number of amides is 1. The van der Waals surface area contributed by atoms with E-state index in [1.54, 1.807) is 0 Å². The maximum Gasteiger partial charge on any atom is 0.243 e. The zero-order chi connectivity index (χ0) is 15.6. The van der Waals surface area contributed by atoms with Crippen LogP contribution in [-0.2, 0) is 11.3 Å². The molecular formula is C16H27N3O2. The summed E-state index contributed by atoms with van der Waals surface area (Å²) in [5.41, 5.74) is 5.54. The van der Waals surface area contributed by atoms with Crippen LogP contribution in [0.1, 0.15) is 31.3 Å². The van der Waals surface area contributed by atoms with E-state index in [0.29, 0.717) is 19.0 Å². The van der Waals surface area contributed by atoms with Crippen LogP contribution in [0.3, 0.4) is 0 Å². The number of nitrogens with zero attached hydrogens (tertiary/aromatic N) is 2. The van der Waals surface area contributed by atoms with Crippen LogP contribution in [0.25, 0.3) is 0 Å². The van der Waals surface area contributed by atoms with Gasteiger partial charge in [-0.15, -0.1) is 0 Å². The normalized spacial score (nSPS) is 17.8. The molecule has 1 aromatic rings. The largest absolute Gasteiger partial charge is 0.464 e. The second kappa shape index (κ2) is 6.20. The molecule has 1 saturated carbocycles. The number of carbonyl (C=O) groups is 1.